The van der Waals surface area contributed by atoms with E-state index in [1.165, 1.54) is 6.07 Å². The lowest BCUT2D eigenvalue weighted by Gasteiger charge is -2.09. The van der Waals surface area contributed by atoms with Crippen LogP contribution in [0.3, 0.4) is 0 Å². The molecule has 0 spiro atoms. The molecule has 4 nitrogen and oxygen atoms in total. The highest BCUT2D eigenvalue weighted by atomic mass is 35.5. The molecule has 0 amide bonds. The second-order valence-electron chi connectivity index (χ2n) is 3.70. The monoisotopic (exact) mass is 257 g/mol. The van der Waals surface area contributed by atoms with E-state index in [0.717, 1.165) is 12.0 Å². The van der Waals surface area contributed by atoms with Crippen molar-refractivity contribution in [2.45, 2.75) is 32.1 Å². The van der Waals surface area contributed by atoms with Crippen molar-refractivity contribution in [3.63, 3.8) is 0 Å². The van der Waals surface area contributed by atoms with Crippen molar-refractivity contribution in [3.05, 3.63) is 33.9 Å². The van der Waals surface area contributed by atoms with E-state index in [1.54, 1.807) is 19.1 Å². The molecule has 0 radical (unpaired) electrons. The first-order valence-corrected chi connectivity index (χ1v) is 6.06. The molecule has 0 saturated heterocycles. The van der Waals surface area contributed by atoms with Gasteiger partial charge < -0.3 is 4.74 Å². The first-order valence-electron chi connectivity index (χ1n) is 5.62. The Labute approximate surface area is 106 Å². The summed E-state index contributed by atoms with van der Waals surface area (Å²) in [5.74, 6) is 0.315. The molecule has 5 heteroatoms. The minimum Gasteiger partial charge on any atom is -0.487 e. The van der Waals surface area contributed by atoms with Crippen molar-refractivity contribution in [3.8, 4) is 5.75 Å². The van der Waals surface area contributed by atoms with E-state index in [0.29, 0.717) is 18.8 Å². The summed E-state index contributed by atoms with van der Waals surface area (Å²) >= 11 is 6.06. The molecule has 0 aliphatic carbocycles. The Morgan fingerprint density at radius 1 is 1.47 bits per heavy atom. The quantitative estimate of drug-likeness (QED) is 0.445. The molecule has 1 atom stereocenters. The Hall–Kier alpha value is -1.29. The normalized spacial score (nSPS) is 12.2. The summed E-state index contributed by atoms with van der Waals surface area (Å²) < 4.78 is 5.27. The van der Waals surface area contributed by atoms with Crippen LogP contribution < -0.4 is 4.74 Å². The average Bonchev–Trinajstić information content (AvgIpc) is 2.29. The van der Waals surface area contributed by atoms with Gasteiger partial charge in [-0.05, 0) is 31.4 Å². The van der Waals surface area contributed by atoms with E-state index in [1.807, 2.05) is 6.92 Å². The van der Waals surface area contributed by atoms with Crippen LogP contribution in [0.2, 0.25) is 0 Å². The van der Waals surface area contributed by atoms with Crippen molar-refractivity contribution >= 4 is 17.3 Å². The predicted octanol–water partition coefficient (Wildman–Crippen LogP) is 3.55. The summed E-state index contributed by atoms with van der Waals surface area (Å²) in [6.07, 6.45) is 1.55. The zero-order valence-corrected chi connectivity index (χ0v) is 10.7. The van der Waals surface area contributed by atoms with Gasteiger partial charge >= 0.3 is 5.69 Å². The summed E-state index contributed by atoms with van der Waals surface area (Å²) in [4.78, 5) is 10.3. The second kappa shape index (κ2) is 6.45. The summed E-state index contributed by atoms with van der Waals surface area (Å²) in [6, 6.07) is 4.90. The van der Waals surface area contributed by atoms with Gasteiger partial charge in [0.2, 0.25) is 0 Å². The number of hydrogen-bond donors (Lipinski definition) is 0. The predicted molar refractivity (Wildman–Crippen MR) is 67.9 cm³/mol. The van der Waals surface area contributed by atoms with Crippen molar-refractivity contribution in [2.24, 2.45) is 0 Å². The SMILES string of the molecule is CCOc1cc(CC(Cl)CC)ccc1[N+](=O)[O-]. The molecule has 94 valence electrons. The lowest BCUT2D eigenvalue weighted by Crippen LogP contribution is -2.03. The highest BCUT2D eigenvalue weighted by Gasteiger charge is 2.16. The fourth-order valence-corrected chi connectivity index (χ4v) is 1.69. The van der Waals surface area contributed by atoms with Gasteiger partial charge in [0, 0.05) is 11.4 Å². The zero-order valence-electron chi connectivity index (χ0n) is 9.98. The van der Waals surface area contributed by atoms with Gasteiger partial charge in [-0.2, -0.15) is 0 Å². The van der Waals surface area contributed by atoms with Crippen LogP contribution in [0.5, 0.6) is 5.75 Å². The fraction of sp³-hybridized carbons (Fsp3) is 0.500. The average molecular weight is 258 g/mol. The van der Waals surface area contributed by atoms with Crippen LogP contribution in [0.15, 0.2) is 18.2 Å². The molecule has 0 saturated carbocycles. The van der Waals surface area contributed by atoms with Crippen LogP contribution >= 0.6 is 11.6 Å². The van der Waals surface area contributed by atoms with Crippen LogP contribution in [-0.2, 0) is 6.42 Å². The van der Waals surface area contributed by atoms with Gasteiger partial charge in [0.25, 0.3) is 0 Å². The smallest absolute Gasteiger partial charge is 0.310 e. The minimum atomic E-state index is -0.438. The van der Waals surface area contributed by atoms with E-state index in [4.69, 9.17) is 16.3 Å². The van der Waals surface area contributed by atoms with Gasteiger partial charge in [-0.1, -0.05) is 13.0 Å². The van der Waals surface area contributed by atoms with Crippen LogP contribution in [0.4, 0.5) is 5.69 Å². The maximum absolute atomic E-state index is 10.8. The third-order valence-corrected chi connectivity index (χ3v) is 2.88. The number of ether oxygens (including phenoxy) is 1. The lowest BCUT2D eigenvalue weighted by molar-refractivity contribution is -0.385. The Morgan fingerprint density at radius 2 is 2.18 bits per heavy atom. The number of rotatable bonds is 6. The zero-order chi connectivity index (χ0) is 12.8. The number of nitrogens with zero attached hydrogens (tertiary/aromatic N) is 1. The van der Waals surface area contributed by atoms with E-state index >= 15 is 0 Å². The molecule has 17 heavy (non-hydrogen) atoms. The largest absolute Gasteiger partial charge is 0.487 e. The molecule has 0 aromatic heterocycles. The molecule has 0 fully saturated rings. The number of halogens is 1. The molecular formula is C12H16ClNO3. The highest BCUT2D eigenvalue weighted by molar-refractivity contribution is 6.20. The van der Waals surface area contributed by atoms with Crippen LogP contribution in [-0.4, -0.2) is 16.9 Å². The number of nitro benzene ring substituents is 1. The minimum absolute atomic E-state index is 0.00165. The fourth-order valence-electron chi connectivity index (χ4n) is 1.51. The molecule has 1 rings (SSSR count). The van der Waals surface area contributed by atoms with Crippen molar-refractivity contribution in [1.82, 2.24) is 0 Å². The maximum atomic E-state index is 10.8. The molecule has 1 aromatic rings. The van der Waals surface area contributed by atoms with E-state index in [-0.39, 0.29) is 11.1 Å². The Morgan fingerprint density at radius 3 is 2.71 bits per heavy atom. The third-order valence-electron chi connectivity index (χ3n) is 2.42. The second-order valence-corrected chi connectivity index (χ2v) is 4.32. The molecule has 0 heterocycles. The number of hydrogen-bond acceptors (Lipinski definition) is 3. The first kappa shape index (κ1) is 13.8. The maximum Gasteiger partial charge on any atom is 0.310 e. The van der Waals surface area contributed by atoms with Gasteiger partial charge in [0.05, 0.1) is 11.5 Å². The number of benzene rings is 1. The molecule has 1 unspecified atom stereocenters. The highest BCUT2D eigenvalue weighted by Crippen LogP contribution is 2.29. The van der Waals surface area contributed by atoms with Gasteiger partial charge in [-0.25, -0.2) is 0 Å². The molecule has 0 bridgehead atoms. The summed E-state index contributed by atoms with van der Waals surface area (Å²) in [6.45, 7) is 4.21. The van der Waals surface area contributed by atoms with Crippen molar-refractivity contribution in [2.75, 3.05) is 6.61 Å². The van der Waals surface area contributed by atoms with E-state index < -0.39 is 4.92 Å². The van der Waals surface area contributed by atoms with Gasteiger partial charge in [-0.3, -0.25) is 10.1 Å². The topological polar surface area (TPSA) is 52.4 Å². The van der Waals surface area contributed by atoms with E-state index in [9.17, 15) is 10.1 Å². The molecule has 1 aromatic carbocycles. The lowest BCUT2D eigenvalue weighted by atomic mass is 10.1. The molecule has 0 aliphatic rings. The van der Waals surface area contributed by atoms with Gasteiger partial charge in [0.15, 0.2) is 5.75 Å². The van der Waals surface area contributed by atoms with Crippen molar-refractivity contribution < 1.29 is 9.66 Å². The van der Waals surface area contributed by atoms with Gasteiger partial charge in [0.1, 0.15) is 0 Å². The number of alkyl halides is 1. The molecular weight excluding hydrogens is 242 g/mol. The summed E-state index contributed by atoms with van der Waals surface area (Å²) in [7, 11) is 0. The summed E-state index contributed by atoms with van der Waals surface area (Å²) in [5, 5.41) is 10.8. The Bertz CT molecular complexity index is 395. The first-order chi connectivity index (χ1) is 8.08. The standard InChI is InChI=1S/C12H16ClNO3/c1-3-10(13)7-9-5-6-11(14(15)16)12(8-9)17-4-2/h5-6,8,10H,3-4,7H2,1-2H3. The van der Waals surface area contributed by atoms with Gasteiger partial charge in [-0.15, -0.1) is 11.6 Å². The van der Waals surface area contributed by atoms with Crippen molar-refractivity contribution in [1.29, 1.82) is 0 Å². The van der Waals surface area contributed by atoms with Crippen LogP contribution in [0.25, 0.3) is 0 Å². The Kier molecular flexibility index (Phi) is 5.22. The Balaban J connectivity index is 2.96. The molecule has 0 aliphatic heterocycles. The van der Waals surface area contributed by atoms with Crippen LogP contribution in [0, 0.1) is 10.1 Å². The molecule has 0 N–H and O–H groups in total. The van der Waals surface area contributed by atoms with Crippen LogP contribution in [0.1, 0.15) is 25.8 Å². The van der Waals surface area contributed by atoms with E-state index in [2.05, 4.69) is 0 Å². The third kappa shape index (κ3) is 3.89. The number of nitro groups is 1. The summed E-state index contributed by atoms with van der Waals surface area (Å²) in [5.41, 5.74) is 0.958.